The first-order valence-electron chi connectivity index (χ1n) is 14.2. The Morgan fingerprint density at radius 2 is 1.60 bits per heavy atom. The van der Waals surface area contributed by atoms with Crippen LogP contribution in [0, 0.1) is 0 Å². The Hall–Kier alpha value is -3.49. The highest BCUT2D eigenvalue weighted by atomic mass is 32.1. The Bertz CT molecular complexity index is 1290. The molecule has 3 heterocycles. The molecule has 0 N–H and O–H groups in total. The molecule has 0 unspecified atom stereocenters. The van der Waals surface area contributed by atoms with E-state index in [9.17, 15) is 9.59 Å². The summed E-state index contributed by atoms with van der Waals surface area (Å²) in [6, 6.07) is 17.7. The van der Waals surface area contributed by atoms with Crippen molar-refractivity contribution in [1.82, 2.24) is 19.7 Å². The monoisotopic (exact) mass is 558 g/mol. The number of piperazine rings is 1. The Morgan fingerprint density at radius 3 is 2.27 bits per heavy atom. The lowest BCUT2D eigenvalue weighted by molar-refractivity contribution is 0.0645. The average molecular weight is 559 g/mol. The number of carbonyl (C=O) groups excluding carboxylic acids is 2. The molecule has 40 heavy (non-hydrogen) atoms. The van der Waals surface area contributed by atoms with Gasteiger partial charge in [-0.05, 0) is 56.5 Å². The van der Waals surface area contributed by atoms with Gasteiger partial charge in [0.25, 0.3) is 11.8 Å². The number of nitrogens with zero attached hydrogens (tertiary/aromatic N) is 4. The number of thiazole rings is 1. The summed E-state index contributed by atoms with van der Waals surface area (Å²) >= 11 is 1.57. The number of hydrogen-bond acceptors (Lipinski definition) is 6. The van der Waals surface area contributed by atoms with Gasteiger partial charge in [-0.15, -0.1) is 11.3 Å². The molecule has 2 aliphatic heterocycles. The SMILES string of the molecule is CC(C)Oc1ccc(C(=O)N2CCC(c3nc(C(=O)N4CCN(CC=Cc5ccccc5)CC4)cs3)CC2)cc1. The van der Waals surface area contributed by atoms with Crippen LogP contribution in [0.25, 0.3) is 6.08 Å². The van der Waals surface area contributed by atoms with Gasteiger partial charge >= 0.3 is 0 Å². The van der Waals surface area contributed by atoms with E-state index in [1.165, 1.54) is 5.56 Å². The molecule has 7 nitrogen and oxygen atoms in total. The van der Waals surface area contributed by atoms with E-state index in [0.29, 0.717) is 24.3 Å². The molecule has 8 heteroatoms. The van der Waals surface area contributed by atoms with Gasteiger partial charge in [-0.3, -0.25) is 14.5 Å². The van der Waals surface area contributed by atoms with Crippen LogP contribution in [0.3, 0.4) is 0 Å². The summed E-state index contributed by atoms with van der Waals surface area (Å²) in [6.45, 7) is 9.40. The van der Waals surface area contributed by atoms with Crippen LogP contribution in [0.15, 0.2) is 66.1 Å². The second kappa shape index (κ2) is 13.2. The molecule has 2 aromatic carbocycles. The molecule has 210 valence electrons. The Kier molecular flexibility index (Phi) is 9.29. The van der Waals surface area contributed by atoms with E-state index in [1.54, 1.807) is 11.3 Å². The third-order valence-corrected chi connectivity index (χ3v) is 8.49. The molecule has 2 fully saturated rings. The normalized spacial score (nSPS) is 17.1. The van der Waals surface area contributed by atoms with Crippen molar-refractivity contribution in [3.05, 3.63) is 87.9 Å². The molecule has 1 aromatic heterocycles. The first-order valence-corrected chi connectivity index (χ1v) is 15.1. The largest absolute Gasteiger partial charge is 0.491 e. The molecule has 0 bridgehead atoms. The molecule has 0 atom stereocenters. The molecule has 0 radical (unpaired) electrons. The number of carbonyl (C=O) groups is 2. The zero-order valence-corrected chi connectivity index (χ0v) is 24.2. The van der Waals surface area contributed by atoms with Crippen molar-refractivity contribution in [1.29, 1.82) is 0 Å². The standard InChI is InChI=1S/C32H38N4O3S/c1-24(2)39-28-12-10-27(11-13-28)31(37)35-17-14-26(15-18-35)30-33-29(23-40-30)32(38)36-21-19-34(20-22-36)16-6-9-25-7-4-3-5-8-25/h3-13,23-24,26H,14-22H2,1-2H3. The van der Waals surface area contributed by atoms with Gasteiger partial charge in [-0.1, -0.05) is 42.5 Å². The lowest BCUT2D eigenvalue weighted by Gasteiger charge is -2.33. The van der Waals surface area contributed by atoms with E-state index >= 15 is 0 Å². The van der Waals surface area contributed by atoms with Crippen molar-refractivity contribution >= 4 is 29.2 Å². The predicted molar refractivity (Wildman–Crippen MR) is 160 cm³/mol. The number of rotatable bonds is 8. The number of benzene rings is 2. The molecule has 0 spiro atoms. The van der Waals surface area contributed by atoms with Crippen molar-refractivity contribution in [2.45, 2.75) is 38.7 Å². The van der Waals surface area contributed by atoms with Gasteiger partial charge in [0.2, 0.25) is 0 Å². The van der Waals surface area contributed by atoms with Crippen LogP contribution in [-0.4, -0.2) is 83.4 Å². The Labute approximate surface area is 241 Å². The third-order valence-electron chi connectivity index (χ3n) is 7.48. The van der Waals surface area contributed by atoms with Crippen molar-refractivity contribution in [2.75, 3.05) is 45.8 Å². The number of piperidine rings is 1. The average Bonchev–Trinajstić information content (AvgIpc) is 3.48. The number of aromatic nitrogens is 1. The number of amides is 2. The highest BCUT2D eigenvalue weighted by molar-refractivity contribution is 7.09. The zero-order valence-electron chi connectivity index (χ0n) is 23.4. The maximum Gasteiger partial charge on any atom is 0.273 e. The molecular weight excluding hydrogens is 520 g/mol. The van der Waals surface area contributed by atoms with Crippen molar-refractivity contribution in [2.24, 2.45) is 0 Å². The van der Waals surface area contributed by atoms with Crippen LogP contribution in [0.2, 0.25) is 0 Å². The topological polar surface area (TPSA) is 66.0 Å². The van der Waals surface area contributed by atoms with Gasteiger partial charge in [-0.25, -0.2) is 4.98 Å². The van der Waals surface area contributed by atoms with Gasteiger partial charge in [-0.2, -0.15) is 0 Å². The van der Waals surface area contributed by atoms with Gasteiger partial charge < -0.3 is 14.5 Å². The fourth-order valence-corrected chi connectivity index (χ4v) is 6.20. The summed E-state index contributed by atoms with van der Waals surface area (Å²) in [4.78, 5) is 37.1. The zero-order chi connectivity index (χ0) is 27.9. The number of ether oxygens (including phenoxy) is 1. The van der Waals surface area contributed by atoms with Gasteiger partial charge in [0.1, 0.15) is 11.4 Å². The van der Waals surface area contributed by atoms with Gasteiger partial charge in [0.15, 0.2) is 0 Å². The Balaban J connectivity index is 1.07. The maximum atomic E-state index is 13.2. The van der Waals surface area contributed by atoms with Crippen molar-refractivity contribution < 1.29 is 14.3 Å². The summed E-state index contributed by atoms with van der Waals surface area (Å²) in [6.07, 6.45) is 6.16. The summed E-state index contributed by atoms with van der Waals surface area (Å²) in [5, 5.41) is 2.92. The van der Waals surface area contributed by atoms with Crippen LogP contribution < -0.4 is 4.74 Å². The summed E-state index contributed by atoms with van der Waals surface area (Å²) < 4.78 is 5.69. The lowest BCUT2D eigenvalue weighted by atomic mass is 9.97. The van der Waals surface area contributed by atoms with Crippen molar-refractivity contribution in [3.63, 3.8) is 0 Å². The molecule has 2 amide bonds. The molecule has 0 aliphatic carbocycles. The first kappa shape index (κ1) is 28.1. The van der Waals surface area contributed by atoms with Crippen LogP contribution in [0.4, 0.5) is 0 Å². The molecule has 5 rings (SSSR count). The summed E-state index contributed by atoms with van der Waals surface area (Å²) in [7, 11) is 0. The van der Waals surface area contributed by atoms with E-state index in [1.807, 2.05) is 71.5 Å². The molecule has 2 aliphatic rings. The fraction of sp³-hybridized carbons (Fsp3) is 0.406. The van der Waals surface area contributed by atoms with E-state index in [-0.39, 0.29) is 23.8 Å². The highest BCUT2D eigenvalue weighted by Gasteiger charge is 2.28. The summed E-state index contributed by atoms with van der Waals surface area (Å²) in [5.41, 5.74) is 2.44. The molecule has 2 saturated heterocycles. The first-order chi connectivity index (χ1) is 19.5. The number of hydrogen-bond donors (Lipinski definition) is 0. The fourth-order valence-electron chi connectivity index (χ4n) is 5.23. The quantitative estimate of drug-likeness (QED) is 0.369. The Morgan fingerprint density at radius 1 is 0.925 bits per heavy atom. The lowest BCUT2D eigenvalue weighted by Crippen LogP contribution is -2.48. The number of likely N-dealkylation sites (tertiary alicyclic amines) is 1. The van der Waals surface area contributed by atoms with E-state index < -0.39 is 0 Å². The molecular formula is C32H38N4O3S. The minimum atomic E-state index is 0.0273. The molecule has 0 saturated carbocycles. The van der Waals surface area contributed by atoms with Crippen molar-refractivity contribution in [3.8, 4) is 5.75 Å². The second-order valence-corrected chi connectivity index (χ2v) is 11.6. The predicted octanol–water partition coefficient (Wildman–Crippen LogP) is 5.42. The van der Waals surface area contributed by atoms with Crippen LogP contribution >= 0.6 is 11.3 Å². The van der Waals surface area contributed by atoms with Gasteiger partial charge in [0, 0.05) is 62.7 Å². The summed E-state index contributed by atoms with van der Waals surface area (Å²) in [5.74, 6) is 1.14. The van der Waals surface area contributed by atoms with Gasteiger partial charge in [0.05, 0.1) is 11.1 Å². The van der Waals surface area contributed by atoms with E-state index in [4.69, 9.17) is 9.72 Å². The van der Waals surface area contributed by atoms with E-state index in [2.05, 4.69) is 29.2 Å². The van der Waals surface area contributed by atoms with E-state index in [0.717, 1.165) is 56.3 Å². The minimum absolute atomic E-state index is 0.0273. The van der Waals surface area contributed by atoms with Crippen LogP contribution in [0.1, 0.15) is 64.0 Å². The van der Waals surface area contributed by atoms with Crippen LogP contribution in [0.5, 0.6) is 5.75 Å². The molecule has 3 aromatic rings. The minimum Gasteiger partial charge on any atom is -0.491 e. The third kappa shape index (κ3) is 7.17. The smallest absolute Gasteiger partial charge is 0.273 e. The maximum absolute atomic E-state index is 13.2. The van der Waals surface area contributed by atoms with Crippen LogP contribution in [-0.2, 0) is 0 Å². The highest BCUT2D eigenvalue weighted by Crippen LogP contribution is 2.31. The second-order valence-electron chi connectivity index (χ2n) is 10.7.